The summed E-state index contributed by atoms with van der Waals surface area (Å²) in [6, 6.07) is 14.1. The van der Waals surface area contributed by atoms with Crippen molar-refractivity contribution in [2.24, 2.45) is 0 Å². The second-order valence-corrected chi connectivity index (χ2v) is 9.49. The predicted molar refractivity (Wildman–Crippen MR) is 124 cm³/mol. The molecule has 0 radical (unpaired) electrons. The number of rotatable bonds is 14. The highest BCUT2D eigenvalue weighted by Gasteiger charge is 2.48. The molecule has 10 heteroatoms. The van der Waals surface area contributed by atoms with Crippen LogP contribution in [0.2, 0.25) is 0 Å². The number of ether oxygens (including phenoxy) is 1. The standard InChI is InChI=1S/C24H31FNO7P/c25-15-5-1-2-6-16-32-21-11-9-19(10-12-21)13-14-24(18-27,33-34(29,30)31)26-17-20-7-3-4-8-22(20)23(26)28/h3-4,7-12,27H,1-2,5-6,13-18H2,(H2,29,30,31)/t24-/m1/s1. The summed E-state index contributed by atoms with van der Waals surface area (Å²) in [6.45, 7) is -0.458. The Kier molecular flexibility index (Phi) is 9.22. The number of aliphatic hydroxyl groups excluding tert-OH is 1. The lowest BCUT2D eigenvalue weighted by atomic mass is 10.0. The zero-order valence-electron chi connectivity index (χ0n) is 18.9. The minimum absolute atomic E-state index is 0.0247. The third-order valence-corrected chi connectivity index (χ3v) is 6.45. The van der Waals surface area contributed by atoms with Gasteiger partial charge < -0.3 is 24.5 Å². The minimum Gasteiger partial charge on any atom is -0.494 e. The lowest BCUT2D eigenvalue weighted by Gasteiger charge is -2.40. The summed E-state index contributed by atoms with van der Waals surface area (Å²) in [7, 11) is -5.02. The number of phosphoric acid groups is 1. The molecule has 0 aromatic heterocycles. The average Bonchev–Trinajstić information content (AvgIpc) is 3.16. The molecule has 2 aromatic carbocycles. The Hall–Kier alpha value is -2.29. The monoisotopic (exact) mass is 495 g/mol. The molecule has 1 aliphatic heterocycles. The fraction of sp³-hybridized carbons (Fsp3) is 0.458. The van der Waals surface area contributed by atoms with Crippen LogP contribution in [0.15, 0.2) is 48.5 Å². The van der Waals surface area contributed by atoms with E-state index in [4.69, 9.17) is 9.26 Å². The number of hydrogen-bond donors (Lipinski definition) is 3. The number of phosphoric ester groups is 1. The van der Waals surface area contributed by atoms with Gasteiger partial charge in [0.1, 0.15) is 5.75 Å². The Bertz CT molecular complexity index is 997. The zero-order chi connectivity index (χ0) is 24.6. The van der Waals surface area contributed by atoms with Gasteiger partial charge in [-0.3, -0.25) is 13.7 Å². The SMILES string of the molecule is O=C1c2ccccc2CN1[C@](CO)(CCc1ccc(OCCCCCCF)cc1)OP(=O)(O)O. The van der Waals surface area contributed by atoms with Gasteiger partial charge in [-0.15, -0.1) is 0 Å². The van der Waals surface area contributed by atoms with E-state index in [9.17, 15) is 28.6 Å². The third kappa shape index (κ3) is 6.87. The van der Waals surface area contributed by atoms with Crippen LogP contribution < -0.4 is 4.74 Å². The van der Waals surface area contributed by atoms with Crippen molar-refractivity contribution in [3.8, 4) is 5.75 Å². The van der Waals surface area contributed by atoms with Crippen molar-refractivity contribution in [2.45, 2.75) is 50.8 Å². The number of aryl methyl sites for hydroxylation is 1. The van der Waals surface area contributed by atoms with Crippen molar-refractivity contribution in [1.82, 2.24) is 4.90 Å². The van der Waals surface area contributed by atoms with Crippen LogP contribution in [-0.2, 0) is 22.1 Å². The van der Waals surface area contributed by atoms with Gasteiger partial charge in [-0.2, -0.15) is 0 Å². The number of amides is 1. The lowest BCUT2D eigenvalue weighted by molar-refractivity contribution is -0.116. The first-order valence-corrected chi connectivity index (χ1v) is 12.9. The van der Waals surface area contributed by atoms with E-state index in [2.05, 4.69) is 0 Å². The number of carbonyl (C=O) groups is 1. The Morgan fingerprint density at radius 2 is 1.74 bits per heavy atom. The van der Waals surface area contributed by atoms with E-state index in [1.54, 1.807) is 36.4 Å². The predicted octanol–water partition coefficient (Wildman–Crippen LogP) is 3.98. The number of fused-ring (bicyclic) bond motifs is 1. The quantitative estimate of drug-likeness (QED) is 0.268. The molecular formula is C24H31FNO7P. The smallest absolute Gasteiger partial charge is 0.471 e. The molecule has 8 nitrogen and oxygen atoms in total. The topological polar surface area (TPSA) is 117 Å². The van der Waals surface area contributed by atoms with Crippen LogP contribution in [0, 0.1) is 0 Å². The number of benzene rings is 2. The first kappa shape index (κ1) is 26.3. The van der Waals surface area contributed by atoms with E-state index in [1.807, 2.05) is 12.1 Å². The molecule has 3 rings (SSSR count). The summed E-state index contributed by atoms with van der Waals surface area (Å²) >= 11 is 0. The second kappa shape index (κ2) is 11.9. The highest BCUT2D eigenvalue weighted by atomic mass is 31.2. The third-order valence-electron chi connectivity index (χ3n) is 5.87. The molecule has 0 fully saturated rings. The molecule has 0 bridgehead atoms. The van der Waals surface area contributed by atoms with Crippen LogP contribution in [0.1, 0.15) is 53.6 Å². The van der Waals surface area contributed by atoms with Gasteiger partial charge in [0.05, 0.1) is 19.9 Å². The van der Waals surface area contributed by atoms with Gasteiger partial charge in [0.15, 0.2) is 5.72 Å². The molecule has 0 saturated carbocycles. The summed E-state index contributed by atoms with van der Waals surface area (Å²) in [5.74, 6) is 0.229. The lowest BCUT2D eigenvalue weighted by Crippen LogP contribution is -2.53. The van der Waals surface area contributed by atoms with Gasteiger partial charge in [0, 0.05) is 18.5 Å². The maximum atomic E-state index is 13.0. The summed E-state index contributed by atoms with van der Waals surface area (Å²) in [6.07, 6.45) is 3.43. The van der Waals surface area contributed by atoms with Crippen LogP contribution in [-0.4, -0.2) is 51.3 Å². The fourth-order valence-electron chi connectivity index (χ4n) is 4.06. The van der Waals surface area contributed by atoms with Gasteiger partial charge in [-0.05, 0) is 55.0 Å². The van der Waals surface area contributed by atoms with Gasteiger partial charge in [-0.1, -0.05) is 36.8 Å². The van der Waals surface area contributed by atoms with E-state index in [-0.39, 0.29) is 19.6 Å². The normalized spacial score (nSPS) is 15.3. The first-order chi connectivity index (χ1) is 16.3. The molecule has 0 unspecified atom stereocenters. The zero-order valence-corrected chi connectivity index (χ0v) is 19.8. The molecule has 3 N–H and O–H groups in total. The van der Waals surface area contributed by atoms with E-state index in [0.717, 1.165) is 24.8 Å². The second-order valence-electron chi connectivity index (χ2n) is 8.33. The van der Waals surface area contributed by atoms with Gasteiger partial charge in [0.2, 0.25) is 0 Å². The number of hydrogen-bond acceptors (Lipinski definition) is 5. The Morgan fingerprint density at radius 3 is 2.38 bits per heavy atom. The first-order valence-electron chi connectivity index (χ1n) is 11.3. The molecule has 0 spiro atoms. The fourth-order valence-corrected chi connectivity index (χ4v) is 4.75. The Labute approximate surface area is 198 Å². The molecule has 2 aromatic rings. The molecule has 34 heavy (non-hydrogen) atoms. The molecule has 1 heterocycles. The van der Waals surface area contributed by atoms with Crippen molar-refractivity contribution in [2.75, 3.05) is 19.9 Å². The van der Waals surface area contributed by atoms with Crippen LogP contribution in [0.4, 0.5) is 4.39 Å². The molecule has 1 aliphatic rings. The minimum atomic E-state index is -5.02. The van der Waals surface area contributed by atoms with E-state index in [0.29, 0.717) is 36.3 Å². The van der Waals surface area contributed by atoms with E-state index in [1.165, 1.54) is 4.90 Å². The van der Waals surface area contributed by atoms with Crippen molar-refractivity contribution in [3.05, 3.63) is 65.2 Å². The Balaban J connectivity index is 1.66. The average molecular weight is 495 g/mol. The molecular weight excluding hydrogens is 464 g/mol. The van der Waals surface area contributed by atoms with Crippen LogP contribution in [0.5, 0.6) is 5.75 Å². The largest absolute Gasteiger partial charge is 0.494 e. The van der Waals surface area contributed by atoms with Crippen molar-refractivity contribution >= 4 is 13.7 Å². The Morgan fingerprint density at radius 1 is 1.03 bits per heavy atom. The van der Waals surface area contributed by atoms with Crippen LogP contribution in [0.25, 0.3) is 0 Å². The van der Waals surface area contributed by atoms with Crippen molar-refractivity contribution in [3.63, 3.8) is 0 Å². The van der Waals surface area contributed by atoms with Gasteiger partial charge >= 0.3 is 7.82 Å². The molecule has 1 amide bonds. The highest BCUT2D eigenvalue weighted by molar-refractivity contribution is 7.46. The number of nitrogens with zero attached hydrogens (tertiary/aromatic N) is 1. The molecule has 0 saturated heterocycles. The number of alkyl halides is 1. The molecule has 186 valence electrons. The van der Waals surface area contributed by atoms with Crippen molar-refractivity contribution in [1.29, 1.82) is 0 Å². The summed E-state index contributed by atoms with van der Waals surface area (Å²) in [4.78, 5) is 33.2. The van der Waals surface area contributed by atoms with Crippen LogP contribution >= 0.6 is 7.82 Å². The summed E-state index contributed by atoms with van der Waals surface area (Å²) < 4.78 is 34.6. The summed E-state index contributed by atoms with van der Waals surface area (Å²) in [5.41, 5.74) is 0.0578. The number of aliphatic hydroxyl groups is 1. The number of halogens is 1. The van der Waals surface area contributed by atoms with Gasteiger partial charge in [-0.25, -0.2) is 4.57 Å². The van der Waals surface area contributed by atoms with E-state index < -0.39 is 26.1 Å². The number of carbonyl (C=O) groups excluding carboxylic acids is 1. The maximum absolute atomic E-state index is 13.0. The van der Waals surface area contributed by atoms with E-state index >= 15 is 0 Å². The molecule has 1 atom stereocenters. The summed E-state index contributed by atoms with van der Waals surface area (Å²) in [5, 5.41) is 10.2. The molecule has 0 aliphatic carbocycles. The highest BCUT2D eigenvalue weighted by Crippen LogP contribution is 2.46. The van der Waals surface area contributed by atoms with Gasteiger partial charge in [0.25, 0.3) is 5.91 Å². The maximum Gasteiger partial charge on any atom is 0.471 e. The number of unbranched alkanes of at least 4 members (excludes halogenated alkanes) is 3. The van der Waals surface area contributed by atoms with Crippen LogP contribution in [0.3, 0.4) is 0 Å². The van der Waals surface area contributed by atoms with Crippen molar-refractivity contribution < 1.29 is 37.9 Å².